The maximum absolute atomic E-state index is 12.3. The molecule has 0 aliphatic heterocycles. The van der Waals surface area contributed by atoms with E-state index in [0.717, 1.165) is 12.1 Å². The van der Waals surface area contributed by atoms with Gasteiger partial charge in [0.05, 0.1) is 6.04 Å². The zero-order chi connectivity index (χ0) is 17.2. The molecule has 1 aromatic rings. The van der Waals surface area contributed by atoms with Gasteiger partial charge in [-0.15, -0.1) is 0 Å². The highest BCUT2D eigenvalue weighted by molar-refractivity contribution is 5.76. The third kappa shape index (κ3) is 6.69. The summed E-state index contributed by atoms with van der Waals surface area (Å²) in [7, 11) is 7.39. The van der Waals surface area contributed by atoms with Crippen LogP contribution in [0.5, 0.6) is 0 Å². The van der Waals surface area contributed by atoms with Gasteiger partial charge in [0.1, 0.15) is 0 Å². The van der Waals surface area contributed by atoms with Crippen LogP contribution in [0, 0.1) is 0 Å². The molecule has 0 heterocycles. The summed E-state index contributed by atoms with van der Waals surface area (Å²) in [6, 6.07) is 9.84. The van der Waals surface area contributed by atoms with Crippen molar-refractivity contribution in [3.05, 3.63) is 35.9 Å². The summed E-state index contributed by atoms with van der Waals surface area (Å²) in [6.45, 7) is 1.23. The van der Waals surface area contributed by atoms with Crippen molar-refractivity contribution < 1.29 is 9.59 Å². The lowest BCUT2D eigenvalue weighted by Gasteiger charge is -2.31. The number of hydrogen-bond donors (Lipinski definition) is 2. The van der Waals surface area contributed by atoms with Crippen molar-refractivity contribution >= 4 is 11.9 Å². The lowest BCUT2D eigenvalue weighted by molar-refractivity contribution is -0.120. The predicted molar refractivity (Wildman–Crippen MR) is 92.2 cm³/mol. The number of benzene rings is 1. The number of hydrogen-bond acceptors (Lipinski definition) is 3. The Bertz CT molecular complexity index is 491. The first-order valence-electron chi connectivity index (χ1n) is 7.86. The number of carbonyl (C=O) groups excluding carboxylic acids is 2. The van der Waals surface area contributed by atoms with Crippen molar-refractivity contribution in [3.63, 3.8) is 0 Å². The van der Waals surface area contributed by atoms with Crippen LogP contribution in [0.4, 0.5) is 4.79 Å². The Morgan fingerprint density at radius 2 is 1.78 bits per heavy atom. The van der Waals surface area contributed by atoms with Crippen molar-refractivity contribution in [2.45, 2.75) is 18.9 Å². The van der Waals surface area contributed by atoms with Crippen molar-refractivity contribution in [2.75, 3.05) is 41.3 Å². The minimum absolute atomic E-state index is 0.0117. The van der Waals surface area contributed by atoms with Crippen LogP contribution >= 0.6 is 0 Å². The van der Waals surface area contributed by atoms with Gasteiger partial charge in [0.25, 0.3) is 0 Å². The van der Waals surface area contributed by atoms with Gasteiger partial charge in [-0.05, 0) is 26.1 Å². The van der Waals surface area contributed by atoms with E-state index in [-0.39, 0.29) is 18.0 Å². The van der Waals surface area contributed by atoms with Crippen LogP contribution in [0.2, 0.25) is 0 Å². The SMILES string of the molecule is CNC(=O)CCCNC(=O)N(C)[C@H](CN(C)C)c1ccccc1. The average Bonchev–Trinajstić information content (AvgIpc) is 2.56. The standard InChI is InChI=1S/C17H28N4O2/c1-18-16(22)11-8-12-19-17(23)21(4)15(13-20(2)3)14-9-6-5-7-10-14/h5-7,9-10,15H,8,11-13H2,1-4H3,(H,18,22)(H,19,23)/t15-/m1/s1. The lowest BCUT2D eigenvalue weighted by Crippen LogP contribution is -2.43. The van der Waals surface area contributed by atoms with E-state index in [1.807, 2.05) is 44.4 Å². The smallest absolute Gasteiger partial charge is 0.317 e. The Kier molecular flexibility index (Phi) is 8.11. The Morgan fingerprint density at radius 3 is 2.35 bits per heavy atom. The fraction of sp³-hybridized carbons (Fsp3) is 0.529. The molecule has 6 nitrogen and oxygen atoms in total. The highest BCUT2D eigenvalue weighted by atomic mass is 16.2. The molecule has 1 rings (SSSR count). The molecule has 0 spiro atoms. The molecule has 3 amide bonds. The van der Waals surface area contributed by atoms with E-state index in [1.54, 1.807) is 19.0 Å². The molecule has 0 fully saturated rings. The first-order chi connectivity index (χ1) is 11.0. The summed E-state index contributed by atoms with van der Waals surface area (Å²) < 4.78 is 0. The maximum Gasteiger partial charge on any atom is 0.317 e. The summed E-state index contributed by atoms with van der Waals surface area (Å²) >= 11 is 0. The molecule has 0 aliphatic rings. The van der Waals surface area contributed by atoms with Crippen LogP contribution in [0.15, 0.2) is 30.3 Å². The van der Waals surface area contributed by atoms with Crippen molar-refractivity contribution in [1.82, 2.24) is 20.4 Å². The highest BCUT2D eigenvalue weighted by Crippen LogP contribution is 2.19. The van der Waals surface area contributed by atoms with E-state index in [9.17, 15) is 9.59 Å². The number of nitrogens with one attached hydrogen (secondary N) is 2. The molecule has 0 aliphatic carbocycles. The number of carbonyl (C=O) groups is 2. The van der Waals surface area contributed by atoms with Crippen molar-refractivity contribution in [3.8, 4) is 0 Å². The Balaban J connectivity index is 2.60. The molecule has 23 heavy (non-hydrogen) atoms. The maximum atomic E-state index is 12.3. The molecule has 0 radical (unpaired) electrons. The first-order valence-corrected chi connectivity index (χ1v) is 7.86. The summed E-state index contributed by atoms with van der Waals surface area (Å²) in [4.78, 5) is 27.3. The van der Waals surface area contributed by atoms with Gasteiger partial charge in [-0.3, -0.25) is 4.79 Å². The number of urea groups is 1. The Labute approximate surface area is 138 Å². The normalized spacial score (nSPS) is 11.9. The highest BCUT2D eigenvalue weighted by Gasteiger charge is 2.21. The van der Waals surface area contributed by atoms with Crippen molar-refractivity contribution in [1.29, 1.82) is 0 Å². The summed E-state index contributed by atoms with van der Waals surface area (Å²) in [6.07, 6.45) is 1.04. The van der Waals surface area contributed by atoms with E-state index in [4.69, 9.17) is 0 Å². The molecule has 0 bridgehead atoms. The molecule has 6 heteroatoms. The quantitative estimate of drug-likeness (QED) is 0.713. The Hall–Kier alpha value is -2.08. The zero-order valence-corrected chi connectivity index (χ0v) is 14.5. The fourth-order valence-electron chi connectivity index (χ4n) is 2.31. The van der Waals surface area contributed by atoms with Gasteiger partial charge < -0.3 is 20.4 Å². The van der Waals surface area contributed by atoms with Gasteiger partial charge in [0.2, 0.25) is 5.91 Å². The zero-order valence-electron chi connectivity index (χ0n) is 14.5. The number of amides is 3. The van der Waals surface area contributed by atoms with E-state index in [2.05, 4.69) is 15.5 Å². The van der Waals surface area contributed by atoms with Crippen LogP contribution in [-0.2, 0) is 4.79 Å². The Morgan fingerprint density at radius 1 is 1.13 bits per heavy atom. The number of nitrogens with zero attached hydrogens (tertiary/aromatic N) is 2. The molecule has 0 unspecified atom stereocenters. The minimum atomic E-state index is -0.127. The fourth-order valence-corrected chi connectivity index (χ4v) is 2.31. The van der Waals surface area contributed by atoms with Crippen LogP contribution < -0.4 is 10.6 Å². The van der Waals surface area contributed by atoms with E-state index < -0.39 is 0 Å². The second-order valence-electron chi connectivity index (χ2n) is 5.81. The lowest BCUT2D eigenvalue weighted by atomic mass is 10.1. The molecule has 0 saturated carbocycles. The molecule has 0 aromatic heterocycles. The van der Waals surface area contributed by atoms with E-state index >= 15 is 0 Å². The van der Waals surface area contributed by atoms with Crippen LogP contribution in [0.25, 0.3) is 0 Å². The summed E-state index contributed by atoms with van der Waals surface area (Å²) in [5.41, 5.74) is 1.10. The molecular formula is C17H28N4O2. The molecular weight excluding hydrogens is 292 g/mol. The topological polar surface area (TPSA) is 64.7 Å². The molecule has 1 aromatic carbocycles. The van der Waals surface area contributed by atoms with Crippen LogP contribution in [0.1, 0.15) is 24.4 Å². The van der Waals surface area contributed by atoms with Gasteiger partial charge >= 0.3 is 6.03 Å². The summed E-state index contributed by atoms with van der Waals surface area (Å²) in [5.74, 6) is -0.0117. The molecule has 128 valence electrons. The second kappa shape index (κ2) is 9.84. The molecule has 1 atom stereocenters. The largest absolute Gasteiger partial charge is 0.359 e. The molecule has 2 N–H and O–H groups in total. The van der Waals surface area contributed by atoms with Gasteiger partial charge in [-0.2, -0.15) is 0 Å². The van der Waals surface area contributed by atoms with Gasteiger partial charge in [0.15, 0.2) is 0 Å². The average molecular weight is 320 g/mol. The van der Waals surface area contributed by atoms with Crippen LogP contribution in [-0.4, -0.2) is 63.0 Å². The van der Waals surface area contributed by atoms with E-state index in [1.165, 1.54) is 0 Å². The summed E-state index contributed by atoms with van der Waals surface area (Å²) in [5, 5.41) is 5.44. The minimum Gasteiger partial charge on any atom is -0.359 e. The molecule has 0 saturated heterocycles. The van der Waals surface area contributed by atoms with Crippen molar-refractivity contribution in [2.24, 2.45) is 0 Å². The van der Waals surface area contributed by atoms with Crippen LogP contribution in [0.3, 0.4) is 0 Å². The number of rotatable bonds is 8. The third-order valence-electron chi connectivity index (χ3n) is 3.65. The number of likely N-dealkylation sites (N-methyl/N-ethyl adjacent to an activating group) is 2. The third-order valence-corrected chi connectivity index (χ3v) is 3.65. The van der Waals surface area contributed by atoms with Gasteiger partial charge in [-0.25, -0.2) is 4.79 Å². The van der Waals surface area contributed by atoms with Gasteiger partial charge in [0, 0.05) is 33.6 Å². The predicted octanol–water partition coefficient (Wildman–Crippen LogP) is 1.46. The van der Waals surface area contributed by atoms with Gasteiger partial charge in [-0.1, -0.05) is 30.3 Å². The second-order valence-corrected chi connectivity index (χ2v) is 5.81. The first kappa shape index (κ1) is 19.0. The monoisotopic (exact) mass is 320 g/mol. The van der Waals surface area contributed by atoms with E-state index in [0.29, 0.717) is 19.4 Å².